The summed E-state index contributed by atoms with van der Waals surface area (Å²) in [5, 5.41) is 2.74. The van der Waals surface area contributed by atoms with Gasteiger partial charge >= 0.3 is 5.97 Å². The predicted molar refractivity (Wildman–Crippen MR) is 91.3 cm³/mol. The van der Waals surface area contributed by atoms with E-state index in [9.17, 15) is 9.59 Å². The number of esters is 1. The van der Waals surface area contributed by atoms with Gasteiger partial charge < -0.3 is 19.5 Å². The molecule has 138 valence electrons. The highest BCUT2D eigenvalue weighted by atomic mass is 16.5. The number of ether oxygens (including phenoxy) is 3. The Kier molecular flexibility index (Phi) is 7.03. The van der Waals surface area contributed by atoms with E-state index < -0.39 is 5.97 Å². The highest BCUT2D eigenvalue weighted by molar-refractivity contribution is 5.92. The van der Waals surface area contributed by atoms with Crippen LogP contribution in [0, 0.1) is 0 Å². The zero-order chi connectivity index (χ0) is 18.2. The largest absolute Gasteiger partial charge is 0.490 e. The first kappa shape index (κ1) is 19.0. The van der Waals surface area contributed by atoms with Crippen LogP contribution in [0.4, 0.5) is 0 Å². The molecule has 8 nitrogen and oxygen atoms in total. The van der Waals surface area contributed by atoms with Gasteiger partial charge in [0.2, 0.25) is 0 Å². The van der Waals surface area contributed by atoms with Crippen molar-refractivity contribution in [3.63, 3.8) is 0 Å². The van der Waals surface area contributed by atoms with Crippen LogP contribution in [0.1, 0.15) is 37.6 Å². The molecule has 1 fully saturated rings. The Morgan fingerprint density at radius 2 is 1.88 bits per heavy atom. The Bertz CT molecular complexity index is 608. The van der Waals surface area contributed by atoms with Gasteiger partial charge in [0.15, 0.2) is 18.1 Å². The normalized spacial score (nSPS) is 19.3. The summed E-state index contributed by atoms with van der Waals surface area (Å²) in [6.45, 7) is 6.31. The maximum atomic E-state index is 12.1. The first-order valence-corrected chi connectivity index (χ1v) is 8.40. The fourth-order valence-electron chi connectivity index (χ4n) is 2.44. The van der Waals surface area contributed by atoms with Gasteiger partial charge in [-0.15, -0.1) is 0 Å². The number of hydrogen-bond acceptors (Lipinski definition) is 7. The van der Waals surface area contributed by atoms with Crippen molar-refractivity contribution in [2.75, 3.05) is 19.8 Å². The predicted octanol–water partition coefficient (Wildman–Crippen LogP) is 0.970. The Labute approximate surface area is 147 Å². The van der Waals surface area contributed by atoms with Crippen molar-refractivity contribution >= 4 is 11.9 Å². The minimum atomic E-state index is -0.593. The van der Waals surface area contributed by atoms with Crippen molar-refractivity contribution in [2.24, 2.45) is 0 Å². The lowest BCUT2D eigenvalue weighted by molar-refractivity contribution is -0.125. The standard InChI is InChI=1S/C17H25N3O5/c1-4-23-13-7-6-12(9-14(13)24-5-2)17(22)25-10-16(21)18-15-8-11(3)19-20-15/h6-7,9,11,15,19-20H,4-5,8,10H2,1-3H3,(H,18,21). The van der Waals surface area contributed by atoms with E-state index in [-0.39, 0.29) is 24.7 Å². The number of carbonyl (C=O) groups is 2. The molecule has 1 aromatic carbocycles. The number of carbonyl (C=O) groups excluding carboxylic acids is 2. The van der Waals surface area contributed by atoms with Gasteiger partial charge in [0.1, 0.15) is 0 Å². The van der Waals surface area contributed by atoms with Crippen LogP contribution in [0.25, 0.3) is 0 Å². The van der Waals surface area contributed by atoms with E-state index in [0.717, 1.165) is 6.42 Å². The lowest BCUT2D eigenvalue weighted by Crippen LogP contribution is -2.45. The highest BCUT2D eigenvalue weighted by Gasteiger charge is 2.22. The molecule has 0 saturated carbocycles. The fraction of sp³-hybridized carbons (Fsp3) is 0.529. The van der Waals surface area contributed by atoms with Crippen LogP contribution in [-0.4, -0.2) is 43.9 Å². The first-order chi connectivity index (χ1) is 12.0. The summed E-state index contributed by atoms with van der Waals surface area (Å²) in [5.41, 5.74) is 6.24. The molecule has 1 aliphatic rings. The second-order valence-corrected chi connectivity index (χ2v) is 5.65. The summed E-state index contributed by atoms with van der Waals surface area (Å²) in [4.78, 5) is 24.0. The van der Waals surface area contributed by atoms with E-state index in [1.807, 2.05) is 20.8 Å². The first-order valence-electron chi connectivity index (χ1n) is 8.40. The number of hydrogen-bond donors (Lipinski definition) is 3. The summed E-state index contributed by atoms with van der Waals surface area (Å²) < 4.78 is 16.0. The minimum Gasteiger partial charge on any atom is -0.490 e. The number of rotatable bonds is 8. The summed E-state index contributed by atoms with van der Waals surface area (Å²) in [6, 6.07) is 5.06. The quantitative estimate of drug-likeness (QED) is 0.600. The van der Waals surface area contributed by atoms with Crippen LogP contribution in [0.15, 0.2) is 18.2 Å². The molecule has 2 rings (SSSR count). The second kappa shape index (κ2) is 9.24. The second-order valence-electron chi connectivity index (χ2n) is 5.65. The van der Waals surface area contributed by atoms with Crippen LogP contribution < -0.4 is 25.6 Å². The van der Waals surface area contributed by atoms with Crippen molar-refractivity contribution in [3.8, 4) is 11.5 Å². The highest BCUT2D eigenvalue weighted by Crippen LogP contribution is 2.28. The van der Waals surface area contributed by atoms with Gasteiger partial charge in [-0.05, 0) is 45.4 Å². The topological polar surface area (TPSA) is 97.9 Å². The molecular weight excluding hydrogens is 326 g/mol. The molecule has 1 saturated heterocycles. The third-order valence-corrected chi connectivity index (χ3v) is 3.54. The lowest BCUT2D eigenvalue weighted by atomic mass is 10.2. The molecule has 0 radical (unpaired) electrons. The SMILES string of the molecule is CCOc1ccc(C(=O)OCC(=O)NC2CC(C)NN2)cc1OCC. The maximum absolute atomic E-state index is 12.1. The molecule has 2 unspecified atom stereocenters. The van der Waals surface area contributed by atoms with Crippen molar-refractivity contribution in [1.29, 1.82) is 0 Å². The van der Waals surface area contributed by atoms with E-state index in [4.69, 9.17) is 14.2 Å². The summed E-state index contributed by atoms with van der Waals surface area (Å²) in [7, 11) is 0. The average Bonchev–Trinajstić information content (AvgIpc) is 2.99. The van der Waals surface area contributed by atoms with Gasteiger partial charge in [0.25, 0.3) is 5.91 Å². The van der Waals surface area contributed by atoms with Gasteiger partial charge in [0.05, 0.1) is 24.9 Å². The van der Waals surface area contributed by atoms with Crippen molar-refractivity contribution in [1.82, 2.24) is 16.2 Å². The molecular formula is C17H25N3O5. The van der Waals surface area contributed by atoms with Crippen molar-refractivity contribution in [2.45, 2.75) is 39.4 Å². The summed E-state index contributed by atoms with van der Waals surface area (Å²) in [5.74, 6) is 0.0776. The third-order valence-electron chi connectivity index (χ3n) is 3.54. The van der Waals surface area contributed by atoms with Crippen LogP contribution in [-0.2, 0) is 9.53 Å². The summed E-state index contributed by atoms with van der Waals surface area (Å²) in [6.07, 6.45) is 0.590. The van der Waals surface area contributed by atoms with Gasteiger partial charge in [-0.1, -0.05) is 0 Å². The Morgan fingerprint density at radius 3 is 2.52 bits per heavy atom. The third kappa shape index (κ3) is 5.61. The van der Waals surface area contributed by atoms with E-state index in [1.54, 1.807) is 18.2 Å². The van der Waals surface area contributed by atoms with Crippen LogP contribution in [0.5, 0.6) is 11.5 Å². The zero-order valence-electron chi connectivity index (χ0n) is 14.8. The van der Waals surface area contributed by atoms with Crippen molar-refractivity contribution < 1.29 is 23.8 Å². The van der Waals surface area contributed by atoms with E-state index in [2.05, 4.69) is 16.2 Å². The zero-order valence-corrected chi connectivity index (χ0v) is 14.8. The van der Waals surface area contributed by atoms with Gasteiger partial charge in [0, 0.05) is 6.04 Å². The van der Waals surface area contributed by atoms with Gasteiger partial charge in [-0.2, -0.15) is 0 Å². The molecule has 0 aliphatic carbocycles. The van der Waals surface area contributed by atoms with E-state index in [0.29, 0.717) is 30.3 Å². The monoisotopic (exact) mass is 351 g/mol. The molecule has 25 heavy (non-hydrogen) atoms. The minimum absolute atomic E-state index is 0.170. The van der Waals surface area contributed by atoms with Gasteiger partial charge in [-0.25, -0.2) is 10.2 Å². The Morgan fingerprint density at radius 1 is 1.16 bits per heavy atom. The molecule has 3 N–H and O–H groups in total. The van der Waals surface area contributed by atoms with Crippen LogP contribution >= 0.6 is 0 Å². The number of nitrogens with one attached hydrogen (secondary N) is 3. The Hall–Kier alpha value is -2.32. The fourth-order valence-corrected chi connectivity index (χ4v) is 2.44. The molecule has 1 aromatic rings. The maximum Gasteiger partial charge on any atom is 0.338 e. The molecule has 0 aromatic heterocycles. The molecule has 1 heterocycles. The number of benzene rings is 1. The molecule has 8 heteroatoms. The van der Waals surface area contributed by atoms with Crippen LogP contribution in [0.3, 0.4) is 0 Å². The van der Waals surface area contributed by atoms with E-state index in [1.165, 1.54) is 0 Å². The number of amides is 1. The van der Waals surface area contributed by atoms with Crippen molar-refractivity contribution in [3.05, 3.63) is 23.8 Å². The smallest absolute Gasteiger partial charge is 0.338 e. The van der Waals surface area contributed by atoms with Crippen LogP contribution in [0.2, 0.25) is 0 Å². The van der Waals surface area contributed by atoms with Gasteiger partial charge in [-0.3, -0.25) is 10.2 Å². The molecule has 0 spiro atoms. The molecule has 1 amide bonds. The molecule has 0 bridgehead atoms. The Balaban J connectivity index is 1.89. The number of hydrazine groups is 1. The summed E-state index contributed by atoms with van der Waals surface area (Å²) >= 11 is 0. The van der Waals surface area contributed by atoms with E-state index >= 15 is 0 Å². The lowest BCUT2D eigenvalue weighted by Gasteiger charge is -2.13. The molecule has 2 atom stereocenters. The average molecular weight is 351 g/mol. The molecule has 1 aliphatic heterocycles.